The highest BCUT2D eigenvalue weighted by Crippen LogP contribution is 2.47. The Morgan fingerprint density at radius 1 is 0.328 bits per heavy atom. The number of nitrogens with zero attached hydrogens (tertiary/aromatic N) is 3. The second-order valence-corrected chi connectivity index (χ2v) is 16.5. The summed E-state index contributed by atoms with van der Waals surface area (Å²) >= 11 is 1.85. The summed E-state index contributed by atoms with van der Waals surface area (Å²) in [7, 11) is 0. The first-order chi connectivity index (χ1) is 30.2. The molecule has 0 aliphatic carbocycles. The zero-order valence-corrected chi connectivity index (χ0v) is 33.3. The van der Waals surface area contributed by atoms with Crippen LogP contribution < -0.4 is 0 Å². The van der Waals surface area contributed by atoms with Crippen LogP contribution >= 0.6 is 11.3 Å². The minimum atomic E-state index is 0.557. The topological polar surface area (TPSA) is 65.0 Å². The Bertz CT molecular complexity index is 3880. The van der Waals surface area contributed by atoms with Gasteiger partial charge >= 0.3 is 0 Å². The minimum absolute atomic E-state index is 0.557. The van der Waals surface area contributed by atoms with Gasteiger partial charge in [-0.05, 0) is 69.4 Å². The van der Waals surface area contributed by atoms with Crippen molar-refractivity contribution in [3.63, 3.8) is 0 Å². The Balaban J connectivity index is 1.04. The van der Waals surface area contributed by atoms with Gasteiger partial charge in [-0.1, -0.05) is 152 Å². The van der Waals surface area contributed by atoms with Crippen molar-refractivity contribution < 1.29 is 8.83 Å². The summed E-state index contributed by atoms with van der Waals surface area (Å²) in [5, 5.41) is 9.14. The molecule has 13 rings (SSSR count). The van der Waals surface area contributed by atoms with E-state index in [-0.39, 0.29) is 0 Å². The highest BCUT2D eigenvalue weighted by atomic mass is 32.1. The molecule has 13 aromatic rings. The molecule has 0 radical (unpaired) electrons. The Kier molecular flexibility index (Phi) is 7.41. The van der Waals surface area contributed by atoms with Crippen LogP contribution in [-0.4, -0.2) is 15.0 Å². The second-order valence-electron chi connectivity index (χ2n) is 15.5. The molecule has 9 aromatic carbocycles. The first-order valence-corrected chi connectivity index (χ1v) is 21.2. The van der Waals surface area contributed by atoms with Crippen LogP contribution in [0.4, 0.5) is 0 Å². The van der Waals surface area contributed by atoms with Crippen molar-refractivity contribution in [1.29, 1.82) is 0 Å². The SMILES string of the molecule is c1ccc(-c2ccc(-c3nc(-c4ccc5c(c4)oc4ccccc45)nc(-c4cccc5oc6cccc(-c7cccc8sc9c%10ccccc%10ccc9c78)c6c45)n3)cc2)cc1. The van der Waals surface area contributed by atoms with Gasteiger partial charge in [-0.3, -0.25) is 0 Å². The molecule has 0 aliphatic heterocycles. The van der Waals surface area contributed by atoms with Gasteiger partial charge in [0.15, 0.2) is 17.5 Å². The highest BCUT2D eigenvalue weighted by molar-refractivity contribution is 7.26. The highest BCUT2D eigenvalue weighted by Gasteiger charge is 2.22. The van der Waals surface area contributed by atoms with Crippen molar-refractivity contribution in [2.24, 2.45) is 0 Å². The van der Waals surface area contributed by atoms with Gasteiger partial charge in [0.05, 0.1) is 0 Å². The number of benzene rings is 9. The van der Waals surface area contributed by atoms with E-state index in [1.165, 1.54) is 30.9 Å². The number of thiophene rings is 1. The Hall–Kier alpha value is -7.93. The molecule has 0 atom stereocenters. The summed E-state index contributed by atoms with van der Waals surface area (Å²) in [6.07, 6.45) is 0. The maximum Gasteiger partial charge on any atom is 0.164 e. The summed E-state index contributed by atoms with van der Waals surface area (Å²) in [5.74, 6) is 1.70. The number of rotatable bonds is 5. The molecule has 61 heavy (non-hydrogen) atoms. The summed E-state index contributed by atoms with van der Waals surface area (Å²) in [4.78, 5) is 15.7. The van der Waals surface area contributed by atoms with Gasteiger partial charge in [-0.25, -0.2) is 15.0 Å². The van der Waals surface area contributed by atoms with Crippen LogP contribution in [0.3, 0.4) is 0 Å². The lowest BCUT2D eigenvalue weighted by Crippen LogP contribution is -2.00. The van der Waals surface area contributed by atoms with E-state index < -0.39 is 0 Å². The molecule has 0 aliphatic rings. The van der Waals surface area contributed by atoms with Gasteiger partial charge in [-0.15, -0.1) is 11.3 Å². The standard InChI is InChI=1S/C55H31N3O2S/c1-2-11-32(12-3-1)33-23-25-35(26-24-33)53-56-54(36-28-29-39-38-15-6-7-19-44(38)59-47(39)31-36)58-55(57-53)43-18-9-21-46-51(43)50-41(16-8-20-45(50)60-46)40-17-10-22-48-49(40)42-30-27-34-13-4-5-14-37(34)52(42)61-48/h1-31H. The molecule has 0 saturated heterocycles. The quantitative estimate of drug-likeness (QED) is 0.174. The maximum atomic E-state index is 6.70. The third-order valence-corrected chi connectivity index (χ3v) is 13.2. The van der Waals surface area contributed by atoms with Gasteiger partial charge < -0.3 is 8.83 Å². The van der Waals surface area contributed by atoms with Crippen LogP contribution in [0.25, 0.3) is 131 Å². The van der Waals surface area contributed by atoms with E-state index in [1.54, 1.807) is 0 Å². The molecule has 0 N–H and O–H groups in total. The number of furan rings is 2. The monoisotopic (exact) mass is 797 g/mol. The molecular weight excluding hydrogens is 767 g/mol. The molecule has 0 unspecified atom stereocenters. The normalized spacial score (nSPS) is 11.9. The fraction of sp³-hybridized carbons (Fsp3) is 0. The Labute approximate surface area is 352 Å². The molecule has 5 nitrogen and oxygen atoms in total. The van der Waals surface area contributed by atoms with E-state index >= 15 is 0 Å². The molecule has 4 heterocycles. The lowest BCUT2D eigenvalue weighted by molar-refractivity contribution is 0.668. The smallest absolute Gasteiger partial charge is 0.164 e. The average molecular weight is 798 g/mol. The van der Waals surface area contributed by atoms with E-state index in [9.17, 15) is 0 Å². The average Bonchev–Trinajstić information content (AvgIpc) is 4.03. The fourth-order valence-electron chi connectivity index (χ4n) is 9.12. The van der Waals surface area contributed by atoms with E-state index in [0.29, 0.717) is 17.5 Å². The molecule has 4 aromatic heterocycles. The van der Waals surface area contributed by atoms with Gasteiger partial charge in [0.25, 0.3) is 0 Å². The van der Waals surface area contributed by atoms with E-state index in [2.05, 4.69) is 146 Å². The zero-order valence-electron chi connectivity index (χ0n) is 32.5. The van der Waals surface area contributed by atoms with Crippen molar-refractivity contribution in [3.05, 3.63) is 188 Å². The molecule has 0 spiro atoms. The van der Waals surface area contributed by atoms with Crippen molar-refractivity contribution >= 4 is 86.2 Å². The first-order valence-electron chi connectivity index (χ1n) is 20.3. The van der Waals surface area contributed by atoms with Crippen molar-refractivity contribution in [3.8, 4) is 56.4 Å². The molecule has 0 bridgehead atoms. The number of hydrogen-bond donors (Lipinski definition) is 0. The molecule has 0 fully saturated rings. The summed E-state index contributed by atoms with van der Waals surface area (Å²) in [6, 6.07) is 65.5. The third-order valence-electron chi connectivity index (χ3n) is 12.0. The van der Waals surface area contributed by atoms with Gasteiger partial charge in [0, 0.05) is 58.4 Å². The van der Waals surface area contributed by atoms with Crippen LogP contribution in [0, 0.1) is 0 Å². The summed E-state index contributed by atoms with van der Waals surface area (Å²) in [6.45, 7) is 0. The summed E-state index contributed by atoms with van der Waals surface area (Å²) in [5.41, 5.74) is 10.3. The van der Waals surface area contributed by atoms with Crippen LogP contribution in [0.2, 0.25) is 0 Å². The zero-order chi connectivity index (χ0) is 40.0. The van der Waals surface area contributed by atoms with Crippen LogP contribution in [0.1, 0.15) is 0 Å². The molecule has 0 amide bonds. The molecule has 6 heteroatoms. The second kappa shape index (κ2) is 13.3. The predicted molar refractivity (Wildman–Crippen MR) is 252 cm³/mol. The molecular formula is C55H31N3O2S. The number of fused-ring (bicyclic) bond motifs is 11. The fourth-order valence-corrected chi connectivity index (χ4v) is 10.4. The van der Waals surface area contributed by atoms with Crippen molar-refractivity contribution in [2.45, 2.75) is 0 Å². The van der Waals surface area contributed by atoms with Crippen LogP contribution in [0.15, 0.2) is 197 Å². The molecule has 0 saturated carbocycles. The van der Waals surface area contributed by atoms with E-state index in [1.807, 2.05) is 53.8 Å². The number of para-hydroxylation sites is 1. The number of hydrogen-bond acceptors (Lipinski definition) is 6. The predicted octanol–water partition coefficient (Wildman–Crippen LogP) is 15.5. The van der Waals surface area contributed by atoms with Gasteiger partial charge in [-0.2, -0.15) is 0 Å². The Morgan fingerprint density at radius 2 is 0.885 bits per heavy atom. The van der Waals surface area contributed by atoms with E-state index in [4.69, 9.17) is 23.8 Å². The van der Waals surface area contributed by atoms with Crippen LogP contribution in [-0.2, 0) is 0 Å². The minimum Gasteiger partial charge on any atom is -0.456 e. The molecule has 284 valence electrons. The lowest BCUT2D eigenvalue weighted by Gasteiger charge is -2.11. The van der Waals surface area contributed by atoms with Gasteiger partial charge in [0.1, 0.15) is 22.3 Å². The van der Waals surface area contributed by atoms with Crippen molar-refractivity contribution in [2.75, 3.05) is 0 Å². The van der Waals surface area contributed by atoms with Crippen molar-refractivity contribution in [1.82, 2.24) is 15.0 Å². The Morgan fingerprint density at radius 3 is 1.72 bits per heavy atom. The lowest BCUT2D eigenvalue weighted by atomic mass is 9.93. The first kappa shape index (κ1) is 34.0. The summed E-state index contributed by atoms with van der Waals surface area (Å²) < 4.78 is 15.6. The van der Waals surface area contributed by atoms with Gasteiger partial charge in [0.2, 0.25) is 0 Å². The largest absolute Gasteiger partial charge is 0.456 e. The maximum absolute atomic E-state index is 6.70. The third kappa shape index (κ3) is 5.36. The number of aromatic nitrogens is 3. The van der Waals surface area contributed by atoms with Crippen LogP contribution in [0.5, 0.6) is 0 Å². The van der Waals surface area contributed by atoms with E-state index in [0.717, 1.165) is 82.8 Å².